The minimum Gasteiger partial charge on any atom is -0.486 e. The molecule has 1 aromatic carbocycles. The van der Waals surface area contributed by atoms with Gasteiger partial charge >= 0.3 is 0 Å². The summed E-state index contributed by atoms with van der Waals surface area (Å²) in [5.74, 6) is 1.64. The van der Waals surface area contributed by atoms with Gasteiger partial charge in [-0.25, -0.2) is 0 Å². The first-order chi connectivity index (χ1) is 12.3. The van der Waals surface area contributed by atoms with Crippen LogP contribution < -0.4 is 14.8 Å². The predicted molar refractivity (Wildman–Crippen MR) is 86.1 cm³/mol. The Hall–Kier alpha value is -3.42. The molecule has 0 bridgehead atoms. The van der Waals surface area contributed by atoms with Crippen LogP contribution in [-0.2, 0) is 6.54 Å². The minimum atomic E-state index is -0.263. The zero-order valence-corrected chi connectivity index (χ0v) is 13.1. The van der Waals surface area contributed by atoms with Crippen molar-refractivity contribution in [2.45, 2.75) is 6.54 Å². The fourth-order valence-electron chi connectivity index (χ4n) is 2.38. The van der Waals surface area contributed by atoms with Crippen molar-refractivity contribution in [3.63, 3.8) is 0 Å². The molecule has 0 saturated carbocycles. The highest BCUT2D eigenvalue weighted by Crippen LogP contribution is 2.30. The van der Waals surface area contributed by atoms with Gasteiger partial charge < -0.3 is 19.2 Å². The molecule has 0 aliphatic carbocycles. The first-order valence-corrected chi connectivity index (χ1v) is 7.70. The monoisotopic (exact) mass is 338 g/mol. The Labute approximate surface area is 142 Å². The maximum Gasteiger partial charge on any atom is 0.251 e. The van der Waals surface area contributed by atoms with Crippen molar-refractivity contribution in [3.8, 4) is 23.0 Å². The predicted octanol–water partition coefficient (Wildman–Crippen LogP) is 1.83. The minimum absolute atomic E-state index is 0.130. The molecule has 25 heavy (non-hydrogen) atoms. The van der Waals surface area contributed by atoms with Gasteiger partial charge in [-0.05, 0) is 30.3 Å². The molecule has 3 heterocycles. The van der Waals surface area contributed by atoms with Gasteiger partial charge in [0.2, 0.25) is 11.8 Å². The van der Waals surface area contributed by atoms with Crippen LogP contribution in [-0.4, -0.2) is 34.3 Å². The smallest absolute Gasteiger partial charge is 0.251 e. The maximum absolute atomic E-state index is 12.3. The molecular formula is C17H14N4O4. The van der Waals surface area contributed by atoms with Gasteiger partial charge in [0.05, 0.1) is 6.54 Å². The quantitative estimate of drug-likeness (QED) is 0.774. The number of hydrogen-bond acceptors (Lipinski definition) is 7. The summed E-state index contributed by atoms with van der Waals surface area (Å²) < 4.78 is 16.5. The van der Waals surface area contributed by atoms with Gasteiger partial charge in [0.25, 0.3) is 5.91 Å². The molecule has 4 rings (SSSR count). The zero-order chi connectivity index (χ0) is 17.1. The van der Waals surface area contributed by atoms with Crippen LogP contribution in [0.4, 0.5) is 0 Å². The van der Waals surface area contributed by atoms with Crippen LogP contribution in [0.5, 0.6) is 11.5 Å². The number of pyridine rings is 1. The SMILES string of the molecule is O=C(NCc1nnc(-c2ccncc2)o1)c1ccc2c(c1)OCCO2. The molecule has 1 aliphatic heterocycles. The van der Waals surface area contributed by atoms with Crippen molar-refractivity contribution in [1.29, 1.82) is 0 Å². The number of benzene rings is 1. The van der Waals surface area contributed by atoms with E-state index < -0.39 is 0 Å². The van der Waals surface area contributed by atoms with Gasteiger partial charge in [-0.15, -0.1) is 10.2 Å². The summed E-state index contributed by atoms with van der Waals surface area (Å²) in [6.45, 7) is 1.11. The molecule has 0 unspecified atom stereocenters. The van der Waals surface area contributed by atoms with Crippen molar-refractivity contribution in [2.75, 3.05) is 13.2 Å². The Morgan fingerprint density at radius 2 is 1.84 bits per heavy atom. The lowest BCUT2D eigenvalue weighted by molar-refractivity contribution is 0.0946. The van der Waals surface area contributed by atoms with E-state index in [2.05, 4.69) is 20.5 Å². The molecule has 0 atom stereocenters. The van der Waals surface area contributed by atoms with Gasteiger partial charge in [-0.1, -0.05) is 0 Å². The van der Waals surface area contributed by atoms with Crippen molar-refractivity contribution in [2.24, 2.45) is 0 Å². The number of nitrogens with zero attached hydrogens (tertiary/aromatic N) is 3. The number of rotatable bonds is 4. The largest absolute Gasteiger partial charge is 0.486 e. The molecule has 8 heteroatoms. The summed E-state index contributed by atoms with van der Waals surface area (Å²) in [4.78, 5) is 16.2. The molecule has 1 amide bonds. The van der Waals surface area contributed by atoms with E-state index in [9.17, 15) is 4.79 Å². The van der Waals surface area contributed by atoms with E-state index in [1.54, 1.807) is 42.7 Å². The lowest BCUT2D eigenvalue weighted by Crippen LogP contribution is -2.23. The van der Waals surface area contributed by atoms with Crippen molar-refractivity contribution in [3.05, 3.63) is 54.2 Å². The van der Waals surface area contributed by atoms with Crippen molar-refractivity contribution >= 4 is 5.91 Å². The summed E-state index contributed by atoms with van der Waals surface area (Å²) in [6, 6.07) is 8.59. The van der Waals surface area contributed by atoms with E-state index in [1.165, 1.54) is 0 Å². The van der Waals surface area contributed by atoms with Gasteiger partial charge in [-0.2, -0.15) is 0 Å². The molecule has 0 saturated heterocycles. The highest BCUT2D eigenvalue weighted by atomic mass is 16.6. The fraction of sp³-hybridized carbons (Fsp3) is 0.176. The normalized spacial score (nSPS) is 12.6. The van der Waals surface area contributed by atoms with Crippen LogP contribution in [0.1, 0.15) is 16.2 Å². The Bertz CT molecular complexity index is 895. The molecule has 2 aromatic heterocycles. The Morgan fingerprint density at radius 3 is 2.68 bits per heavy atom. The second kappa shape index (κ2) is 6.60. The second-order valence-corrected chi connectivity index (χ2v) is 5.28. The Kier molecular flexibility index (Phi) is 3.99. The molecule has 3 aromatic rings. The summed E-state index contributed by atoms with van der Waals surface area (Å²) >= 11 is 0. The van der Waals surface area contributed by atoms with Crippen LogP contribution >= 0.6 is 0 Å². The topological polar surface area (TPSA) is 99.4 Å². The standard InChI is InChI=1S/C17H14N4O4/c22-16(12-1-2-13-14(9-12)24-8-7-23-13)19-10-15-20-21-17(25-15)11-3-5-18-6-4-11/h1-6,9H,7-8,10H2,(H,19,22). The summed E-state index contributed by atoms with van der Waals surface area (Å²) in [5, 5.41) is 10.6. The maximum atomic E-state index is 12.3. The second-order valence-electron chi connectivity index (χ2n) is 5.28. The number of carbonyl (C=O) groups is 1. The third-order valence-corrected chi connectivity index (χ3v) is 3.60. The molecule has 126 valence electrons. The summed E-state index contributed by atoms with van der Waals surface area (Å²) in [7, 11) is 0. The van der Waals surface area contributed by atoms with E-state index >= 15 is 0 Å². The molecule has 0 spiro atoms. The van der Waals surface area contributed by atoms with Crippen molar-refractivity contribution < 1.29 is 18.7 Å². The first kappa shape index (κ1) is 15.1. The lowest BCUT2D eigenvalue weighted by atomic mass is 10.2. The van der Waals surface area contributed by atoms with Crippen LogP contribution in [0.3, 0.4) is 0 Å². The third-order valence-electron chi connectivity index (χ3n) is 3.60. The average molecular weight is 338 g/mol. The average Bonchev–Trinajstić information content (AvgIpc) is 3.15. The highest BCUT2D eigenvalue weighted by Gasteiger charge is 2.16. The van der Waals surface area contributed by atoms with Crippen LogP contribution in [0, 0.1) is 0 Å². The molecule has 8 nitrogen and oxygen atoms in total. The summed E-state index contributed by atoms with van der Waals surface area (Å²) in [5.41, 5.74) is 1.24. The zero-order valence-electron chi connectivity index (χ0n) is 13.1. The van der Waals surface area contributed by atoms with Gasteiger partial charge in [0.1, 0.15) is 13.2 Å². The summed E-state index contributed by atoms with van der Waals surface area (Å²) in [6.07, 6.45) is 3.28. The number of carbonyl (C=O) groups excluding carboxylic acids is 1. The molecule has 0 radical (unpaired) electrons. The van der Waals surface area contributed by atoms with Crippen molar-refractivity contribution in [1.82, 2.24) is 20.5 Å². The highest BCUT2D eigenvalue weighted by molar-refractivity contribution is 5.94. The van der Waals surface area contributed by atoms with E-state index in [-0.39, 0.29) is 12.5 Å². The number of aromatic nitrogens is 3. The van der Waals surface area contributed by atoms with Gasteiger partial charge in [-0.3, -0.25) is 9.78 Å². The number of hydrogen-bond donors (Lipinski definition) is 1. The Morgan fingerprint density at radius 1 is 1.04 bits per heavy atom. The molecule has 1 N–H and O–H groups in total. The first-order valence-electron chi connectivity index (χ1n) is 7.70. The van der Waals surface area contributed by atoms with Crippen LogP contribution in [0.2, 0.25) is 0 Å². The molecular weight excluding hydrogens is 324 g/mol. The lowest BCUT2D eigenvalue weighted by Gasteiger charge is -2.18. The fourth-order valence-corrected chi connectivity index (χ4v) is 2.38. The van der Waals surface area contributed by atoms with Crippen LogP contribution in [0.25, 0.3) is 11.5 Å². The number of fused-ring (bicyclic) bond motifs is 1. The van der Waals surface area contributed by atoms with Crippen LogP contribution in [0.15, 0.2) is 47.1 Å². The molecule has 0 fully saturated rings. The van der Waals surface area contributed by atoms with E-state index in [0.717, 1.165) is 5.56 Å². The van der Waals surface area contributed by atoms with E-state index in [4.69, 9.17) is 13.9 Å². The molecule has 1 aliphatic rings. The third kappa shape index (κ3) is 3.27. The number of amides is 1. The van der Waals surface area contributed by atoms with Gasteiger partial charge in [0.15, 0.2) is 11.5 Å². The van der Waals surface area contributed by atoms with Gasteiger partial charge in [0, 0.05) is 23.5 Å². The van der Waals surface area contributed by atoms with E-state index in [0.29, 0.717) is 42.1 Å². The Balaban J connectivity index is 1.41. The van der Waals surface area contributed by atoms with E-state index in [1.807, 2.05) is 0 Å². The number of nitrogens with one attached hydrogen (secondary N) is 1. The number of ether oxygens (including phenoxy) is 2.